The van der Waals surface area contributed by atoms with Crippen molar-refractivity contribution in [1.29, 1.82) is 0 Å². The van der Waals surface area contributed by atoms with Crippen LogP contribution in [0.3, 0.4) is 0 Å². The molecule has 0 bridgehead atoms. The Labute approximate surface area is 137 Å². The highest BCUT2D eigenvalue weighted by atomic mass is 16.5. The maximum Gasteiger partial charge on any atom is 0.324 e. The molecule has 1 aromatic heterocycles. The van der Waals surface area contributed by atoms with Gasteiger partial charge in [-0.1, -0.05) is 0 Å². The summed E-state index contributed by atoms with van der Waals surface area (Å²) in [7, 11) is 0. The third kappa shape index (κ3) is 3.39. The number of esters is 1. The van der Waals surface area contributed by atoms with Crippen LogP contribution in [0.4, 0.5) is 4.79 Å². The van der Waals surface area contributed by atoms with E-state index in [0.717, 1.165) is 4.90 Å². The summed E-state index contributed by atoms with van der Waals surface area (Å²) in [5.74, 6) is -1.34. The van der Waals surface area contributed by atoms with Crippen molar-refractivity contribution in [2.24, 2.45) is 5.92 Å². The molecular formula is C15H17N3O6. The van der Waals surface area contributed by atoms with Crippen molar-refractivity contribution < 1.29 is 28.3 Å². The van der Waals surface area contributed by atoms with E-state index in [0.29, 0.717) is 18.8 Å². The quantitative estimate of drug-likeness (QED) is 0.742. The molecule has 128 valence electrons. The Bertz CT molecular complexity index is 656. The summed E-state index contributed by atoms with van der Waals surface area (Å²) in [6.45, 7) is 0.653. The highest BCUT2D eigenvalue weighted by Gasteiger charge is 2.36. The summed E-state index contributed by atoms with van der Waals surface area (Å²) >= 11 is 0. The van der Waals surface area contributed by atoms with Crippen molar-refractivity contribution in [1.82, 2.24) is 15.1 Å². The number of nitrogens with one attached hydrogen (secondary N) is 1. The number of carbonyl (C=O) groups excluding carboxylic acids is 4. The molecular weight excluding hydrogens is 318 g/mol. The number of carbonyl (C=O) groups is 4. The molecule has 3 heterocycles. The molecule has 0 radical (unpaired) electrons. The number of hydrogen-bond acceptors (Lipinski definition) is 6. The van der Waals surface area contributed by atoms with Crippen molar-refractivity contribution >= 4 is 23.8 Å². The van der Waals surface area contributed by atoms with Crippen LogP contribution >= 0.6 is 0 Å². The van der Waals surface area contributed by atoms with Crippen molar-refractivity contribution in [3.63, 3.8) is 0 Å². The van der Waals surface area contributed by atoms with E-state index in [1.165, 1.54) is 11.2 Å². The van der Waals surface area contributed by atoms with Gasteiger partial charge in [0, 0.05) is 26.1 Å². The topological polar surface area (TPSA) is 109 Å². The second-order valence-electron chi connectivity index (χ2n) is 5.64. The van der Waals surface area contributed by atoms with Crippen molar-refractivity contribution in [2.75, 3.05) is 26.2 Å². The standard InChI is InChI=1S/C15H17N3O6/c19-12-6-10(7-17(12)8-11-2-1-5-23-11)14(21)24-9-13(20)18-4-3-16-15(18)22/h1-2,5,10H,3-4,6-9H2,(H,16,22)/t10-/m1/s1. The fourth-order valence-electron chi connectivity index (χ4n) is 2.71. The zero-order valence-corrected chi connectivity index (χ0v) is 12.9. The summed E-state index contributed by atoms with van der Waals surface area (Å²) in [6.07, 6.45) is 1.56. The number of furan rings is 1. The van der Waals surface area contributed by atoms with E-state index in [1.54, 1.807) is 12.1 Å². The van der Waals surface area contributed by atoms with Gasteiger partial charge in [0.15, 0.2) is 6.61 Å². The van der Waals surface area contributed by atoms with Gasteiger partial charge in [0.05, 0.1) is 18.7 Å². The Morgan fingerprint density at radius 3 is 2.88 bits per heavy atom. The summed E-state index contributed by atoms with van der Waals surface area (Å²) in [4.78, 5) is 49.7. The minimum absolute atomic E-state index is 0.0396. The van der Waals surface area contributed by atoms with Crippen LogP contribution in [0.5, 0.6) is 0 Å². The second kappa shape index (κ2) is 6.73. The lowest BCUT2D eigenvalue weighted by molar-refractivity contribution is -0.154. The van der Waals surface area contributed by atoms with Crippen LogP contribution in [0.25, 0.3) is 0 Å². The van der Waals surface area contributed by atoms with Crippen LogP contribution in [0, 0.1) is 5.92 Å². The molecule has 0 aromatic carbocycles. The molecule has 2 aliphatic rings. The third-order valence-electron chi connectivity index (χ3n) is 3.97. The van der Waals surface area contributed by atoms with E-state index in [4.69, 9.17) is 9.15 Å². The third-order valence-corrected chi connectivity index (χ3v) is 3.97. The SMILES string of the molecule is O=C(OCC(=O)N1CCNC1=O)[C@@H]1CC(=O)N(Cc2ccco2)C1. The van der Waals surface area contributed by atoms with Crippen LogP contribution in [0.15, 0.2) is 22.8 Å². The van der Waals surface area contributed by atoms with Gasteiger partial charge in [-0.25, -0.2) is 4.79 Å². The zero-order valence-electron chi connectivity index (χ0n) is 12.9. The molecule has 2 saturated heterocycles. The normalized spacial score (nSPS) is 20.4. The highest BCUT2D eigenvalue weighted by Crippen LogP contribution is 2.21. The molecule has 2 fully saturated rings. The van der Waals surface area contributed by atoms with E-state index >= 15 is 0 Å². The number of likely N-dealkylation sites (tertiary alicyclic amines) is 1. The monoisotopic (exact) mass is 335 g/mol. The van der Waals surface area contributed by atoms with Gasteiger partial charge in [0.25, 0.3) is 5.91 Å². The Morgan fingerprint density at radius 1 is 1.38 bits per heavy atom. The number of nitrogens with zero attached hydrogens (tertiary/aromatic N) is 2. The Hall–Kier alpha value is -2.84. The highest BCUT2D eigenvalue weighted by molar-refractivity contribution is 5.97. The van der Waals surface area contributed by atoms with Crippen molar-refractivity contribution in [3.05, 3.63) is 24.2 Å². The Balaban J connectivity index is 1.48. The van der Waals surface area contributed by atoms with E-state index in [9.17, 15) is 19.2 Å². The van der Waals surface area contributed by atoms with Crippen LogP contribution < -0.4 is 5.32 Å². The van der Waals surface area contributed by atoms with Crippen molar-refractivity contribution in [3.8, 4) is 0 Å². The fraction of sp³-hybridized carbons (Fsp3) is 0.467. The molecule has 0 aliphatic carbocycles. The minimum atomic E-state index is -0.618. The minimum Gasteiger partial charge on any atom is -0.467 e. The van der Waals surface area contributed by atoms with Gasteiger partial charge in [-0.3, -0.25) is 19.3 Å². The molecule has 2 aliphatic heterocycles. The second-order valence-corrected chi connectivity index (χ2v) is 5.64. The first-order valence-corrected chi connectivity index (χ1v) is 7.59. The number of urea groups is 1. The lowest BCUT2D eigenvalue weighted by Gasteiger charge is -2.15. The molecule has 4 amide bonds. The molecule has 0 spiro atoms. The molecule has 9 nitrogen and oxygen atoms in total. The molecule has 9 heteroatoms. The molecule has 0 unspecified atom stereocenters. The summed E-state index contributed by atoms with van der Waals surface area (Å²) in [5, 5.41) is 2.49. The number of amides is 4. The first kappa shape index (κ1) is 16.0. The van der Waals surface area contributed by atoms with Crippen molar-refractivity contribution in [2.45, 2.75) is 13.0 Å². The van der Waals surface area contributed by atoms with E-state index < -0.39 is 30.4 Å². The summed E-state index contributed by atoms with van der Waals surface area (Å²) < 4.78 is 10.2. The maximum atomic E-state index is 12.0. The molecule has 1 atom stereocenters. The van der Waals surface area contributed by atoms with Gasteiger partial charge in [-0.15, -0.1) is 0 Å². The summed E-state index contributed by atoms with van der Waals surface area (Å²) in [6, 6.07) is 2.98. The predicted octanol–water partition coefficient (Wildman–Crippen LogP) is -0.277. The van der Waals surface area contributed by atoms with Crippen LogP contribution in [-0.4, -0.2) is 59.9 Å². The Kier molecular flexibility index (Phi) is 4.50. The van der Waals surface area contributed by atoms with Gasteiger partial charge in [-0.05, 0) is 12.1 Å². The predicted molar refractivity (Wildman–Crippen MR) is 78.3 cm³/mol. The maximum absolute atomic E-state index is 12.0. The van der Waals surface area contributed by atoms with Gasteiger partial charge in [0.2, 0.25) is 5.91 Å². The largest absolute Gasteiger partial charge is 0.467 e. The van der Waals surface area contributed by atoms with E-state index in [-0.39, 0.29) is 25.4 Å². The van der Waals surface area contributed by atoms with Gasteiger partial charge in [0.1, 0.15) is 5.76 Å². The summed E-state index contributed by atoms with van der Waals surface area (Å²) in [5.41, 5.74) is 0. The van der Waals surface area contributed by atoms with Gasteiger partial charge in [-0.2, -0.15) is 0 Å². The number of hydrogen-bond donors (Lipinski definition) is 1. The molecule has 24 heavy (non-hydrogen) atoms. The molecule has 0 saturated carbocycles. The van der Waals surface area contributed by atoms with Crippen LogP contribution in [-0.2, 0) is 25.7 Å². The van der Waals surface area contributed by atoms with E-state index in [2.05, 4.69) is 5.32 Å². The fourth-order valence-corrected chi connectivity index (χ4v) is 2.71. The van der Waals surface area contributed by atoms with E-state index in [1.807, 2.05) is 0 Å². The average molecular weight is 335 g/mol. The lowest BCUT2D eigenvalue weighted by Crippen LogP contribution is -2.37. The van der Waals surface area contributed by atoms with Gasteiger partial charge >= 0.3 is 12.0 Å². The zero-order chi connectivity index (χ0) is 17.1. The molecule has 1 aromatic rings. The Morgan fingerprint density at radius 2 is 2.21 bits per heavy atom. The number of ether oxygens (including phenoxy) is 1. The smallest absolute Gasteiger partial charge is 0.324 e. The average Bonchev–Trinajstić information content (AvgIpc) is 3.28. The first-order valence-electron chi connectivity index (χ1n) is 7.59. The van der Waals surface area contributed by atoms with Crippen LogP contribution in [0.2, 0.25) is 0 Å². The van der Waals surface area contributed by atoms with Crippen LogP contribution in [0.1, 0.15) is 12.2 Å². The molecule has 1 N–H and O–H groups in total. The van der Waals surface area contributed by atoms with Gasteiger partial charge < -0.3 is 19.4 Å². The number of rotatable bonds is 5. The number of imide groups is 1. The lowest BCUT2D eigenvalue weighted by atomic mass is 10.1. The molecule has 3 rings (SSSR count). The first-order chi connectivity index (χ1) is 11.5.